The van der Waals surface area contributed by atoms with Crippen LogP contribution < -0.4 is 9.47 Å². The molecule has 1 saturated heterocycles. The zero-order valence-corrected chi connectivity index (χ0v) is 24.5. The molecule has 1 saturated carbocycles. The minimum atomic E-state index is -0.271. The number of carbonyl (C=O) groups is 2. The van der Waals surface area contributed by atoms with Crippen LogP contribution >= 0.6 is 0 Å². The standard InChI is InChI=1S/C32H42N4O5/c1-23-8-10-24(11-9-23)29-21-28(27-13-12-26(39-2)20-30(27)40-3)33-36(29)31(37)22-35(32(38)25-6-4-5-7-25)15-14-34-16-18-41-19-17-34/h8-13,20,25,29H,4-7,14-19,21-22H2,1-3H3/t29-/m0/s1. The number of carbonyl (C=O) groups excluding carboxylic acids is 2. The molecule has 2 aromatic rings. The molecule has 3 aliphatic rings. The summed E-state index contributed by atoms with van der Waals surface area (Å²) in [7, 11) is 3.24. The average molecular weight is 563 g/mol. The van der Waals surface area contributed by atoms with Gasteiger partial charge >= 0.3 is 0 Å². The van der Waals surface area contributed by atoms with E-state index in [0.29, 0.717) is 37.7 Å². The molecule has 9 heteroatoms. The van der Waals surface area contributed by atoms with Crippen LogP contribution in [0, 0.1) is 12.8 Å². The lowest BCUT2D eigenvalue weighted by Crippen LogP contribution is -2.47. The lowest BCUT2D eigenvalue weighted by Gasteiger charge is -2.32. The fraction of sp³-hybridized carbons (Fsp3) is 0.531. The molecule has 220 valence electrons. The summed E-state index contributed by atoms with van der Waals surface area (Å²) in [4.78, 5) is 31.8. The highest BCUT2D eigenvalue weighted by molar-refractivity contribution is 6.05. The van der Waals surface area contributed by atoms with Crippen molar-refractivity contribution in [1.29, 1.82) is 0 Å². The smallest absolute Gasteiger partial charge is 0.262 e. The Morgan fingerprint density at radius 3 is 2.44 bits per heavy atom. The Labute approximate surface area is 243 Å². The molecule has 0 aromatic heterocycles. The normalized spacial score (nSPS) is 19.7. The summed E-state index contributed by atoms with van der Waals surface area (Å²) in [5.74, 6) is 1.25. The molecule has 2 amide bonds. The molecular weight excluding hydrogens is 520 g/mol. The van der Waals surface area contributed by atoms with E-state index in [4.69, 9.17) is 19.3 Å². The van der Waals surface area contributed by atoms with Gasteiger partial charge in [-0.3, -0.25) is 14.5 Å². The predicted molar refractivity (Wildman–Crippen MR) is 157 cm³/mol. The highest BCUT2D eigenvalue weighted by Gasteiger charge is 2.36. The monoisotopic (exact) mass is 562 g/mol. The SMILES string of the molecule is COc1ccc(C2=NN(C(=O)CN(CCN3CCOCC3)C(=O)C3CCCC3)[C@H](c3ccc(C)cc3)C2)c(OC)c1. The van der Waals surface area contributed by atoms with Crippen molar-refractivity contribution in [3.63, 3.8) is 0 Å². The molecule has 0 unspecified atom stereocenters. The third-order valence-corrected chi connectivity index (χ3v) is 8.48. The number of aryl methyl sites for hydroxylation is 1. The van der Waals surface area contributed by atoms with Crippen molar-refractivity contribution in [1.82, 2.24) is 14.8 Å². The molecule has 0 spiro atoms. The maximum atomic E-state index is 14.0. The average Bonchev–Trinajstić information content (AvgIpc) is 3.71. The van der Waals surface area contributed by atoms with Gasteiger partial charge in [0.1, 0.15) is 18.0 Å². The van der Waals surface area contributed by atoms with Gasteiger partial charge in [0.2, 0.25) is 5.91 Å². The largest absolute Gasteiger partial charge is 0.497 e. The van der Waals surface area contributed by atoms with Crippen LogP contribution in [-0.2, 0) is 14.3 Å². The van der Waals surface area contributed by atoms with E-state index in [9.17, 15) is 9.59 Å². The first-order valence-electron chi connectivity index (χ1n) is 14.7. The maximum absolute atomic E-state index is 14.0. The second kappa shape index (κ2) is 13.5. The topological polar surface area (TPSA) is 83.9 Å². The number of benzene rings is 2. The van der Waals surface area contributed by atoms with E-state index < -0.39 is 0 Å². The van der Waals surface area contributed by atoms with Crippen molar-refractivity contribution < 1.29 is 23.8 Å². The Morgan fingerprint density at radius 2 is 1.76 bits per heavy atom. The Morgan fingerprint density at radius 1 is 1.02 bits per heavy atom. The summed E-state index contributed by atoms with van der Waals surface area (Å²) in [6.45, 7) is 6.41. The number of hydrogen-bond donors (Lipinski definition) is 0. The van der Waals surface area contributed by atoms with Gasteiger partial charge in [-0.1, -0.05) is 42.7 Å². The number of hydrogen-bond acceptors (Lipinski definition) is 7. The second-order valence-corrected chi connectivity index (χ2v) is 11.2. The Bertz CT molecular complexity index is 1240. The minimum absolute atomic E-state index is 0.00147. The predicted octanol–water partition coefficient (Wildman–Crippen LogP) is 4.04. The van der Waals surface area contributed by atoms with Crippen molar-refractivity contribution >= 4 is 17.5 Å². The third kappa shape index (κ3) is 6.90. The second-order valence-electron chi connectivity index (χ2n) is 11.2. The van der Waals surface area contributed by atoms with Crippen molar-refractivity contribution in [2.75, 3.05) is 60.2 Å². The Balaban J connectivity index is 1.41. The molecule has 2 heterocycles. The zero-order valence-electron chi connectivity index (χ0n) is 24.5. The molecule has 2 aliphatic heterocycles. The lowest BCUT2D eigenvalue weighted by molar-refractivity contribution is -0.144. The summed E-state index contributed by atoms with van der Waals surface area (Å²) < 4.78 is 16.5. The van der Waals surface area contributed by atoms with Crippen molar-refractivity contribution in [3.05, 3.63) is 59.2 Å². The molecular formula is C32H42N4O5. The van der Waals surface area contributed by atoms with Gasteiger partial charge in [-0.2, -0.15) is 5.10 Å². The number of rotatable bonds is 10. The van der Waals surface area contributed by atoms with Crippen LogP contribution in [0.25, 0.3) is 0 Å². The summed E-state index contributed by atoms with van der Waals surface area (Å²) in [5.41, 5.74) is 3.76. The number of amides is 2. The van der Waals surface area contributed by atoms with Gasteiger partial charge in [-0.15, -0.1) is 0 Å². The molecule has 1 aliphatic carbocycles. The van der Waals surface area contributed by atoms with Crippen molar-refractivity contribution in [3.8, 4) is 11.5 Å². The highest BCUT2D eigenvalue weighted by atomic mass is 16.5. The summed E-state index contributed by atoms with van der Waals surface area (Å²) in [5, 5.41) is 6.47. The van der Waals surface area contributed by atoms with Crippen molar-refractivity contribution in [2.24, 2.45) is 11.0 Å². The molecule has 1 atom stereocenters. The van der Waals surface area contributed by atoms with Gasteiger partial charge in [0.05, 0.1) is 39.2 Å². The fourth-order valence-electron chi connectivity index (χ4n) is 6.01. The van der Waals surface area contributed by atoms with Crippen LogP contribution in [0.4, 0.5) is 0 Å². The Hall–Kier alpha value is -3.43. The summed E-state index contributed by atoms with van der Waals surface area (Å²) in [6.07, 6.45) is 4.48. The van der Waals surface area contributed by atoms with Crippen LogP contribution in [0.15, 0.2) is 47.6 Å². The molecule has 5 rings (SSSR count). The lowest BCUT2D eigenvalue weighted by atomic mass is 9.97. The van der Waals surface area contributed by atoms with Crippen LogP contribution in [0.2, 0.25) is 0 Å². The van der Waals surface area contributed by atoms with Crippen molar-refractivity contribution in [2.45, 2.75) is 45.1 Å². The minimum Gasteiger partial charge on any atom is -0.497 e. The molecule has 0 radical (unpaired) electrons. The third-order valence-electron chi connectivity index (χ3n) is 8.48. The van der Waals surface area contributed by atoms with E-state index in [0.717, 1.165) is 67.7 Å². The van der Waals surface area contributed by atoms with Gasteiger partial charge in [0, 0.05) is 50.1 Å². The number of methoxy groups -OCH3 is 2. The van der Waals surface area contributed by atoms with E-state index >= 15 is 0 Å². The first kappa shape index (κ1) is 29.1. The number of ether oxygens (including phenoxy) is 3. The van der Waals surface area contributed by atoms with Gasteiger partial charge in [-0.05, 0) is 37.5 Å². The summed E-state index contributed by atoms with van der Waals surface area (Å²) >= 11 is 0. The highest BCUT2D eigenvalue weighted by Crippen LogP contribution is 2.36. The van der Waals surface area contributed by atoms with Crippen LogP contribution in [0.3, 0.4) is 0 Å². The van der Waals surface area contributed by atoms with E-state index in [-0.39, 0.29) is 30.3 Å². The first-order chi connectivity index (χ1) is 20.0. The zero-order chi connectivity index (χ0) is 28.8. The number of nitrogens with zero attached hydrogens (tertiary/aromatic N) is 4. The number of morpholine rings is 1. The molecule has 0 bridgehead atoms. The Kier molecular flexibility index (Phi) is 9.57. The fourth-order valence-corrected chi connectivity index (χ4v) is 6.01. The van der Waals surface area contributed by atoms with E-state index in [1.165, 1.54) is 0 Å². The molecule has 2 aromatic carbocycles. The van der Waals surface area contributed by atoms with Crippen LogP contribution in [0.1, 0.15) is 54.8 Å². The molecule has 2 fully saturated rings. The van der Waals surface area contributed by atoms with E-state index in [1.54, 1.807) is 24.1 Å². The summed E-state index contributed by atoms with van der Waals surface area (Å²) in [6, 6.07) is 13.6. The number of hydrazone groups is 1. The van der Waals surface area contributed by atoms with Gasteiger partial charge in [0.25, 0.3) is 5.91 Å². The molecule has 9 nitrogen and oxygen atoms in total. The molecule has 0 N–H and O–H groups in total. The maximum Gasteiger partial charge on any atom is 0.262 e. The first-order valence-corrected chi connectivity index (χ1v) is 14.7. The molecule has 41 heavy (non-hydrogen) atoms. The van der Waals surface area contributed by atoms with Gasteiger partial charge < -0.3 is 19.1 Å². The van der Waals surface area contributed by atoms with Gasteiger partial charge in [0.15, 0.2) is 0 Å². The van der Waals surface area contributed by atoms with Crippen LogP contribution in [-0.4, -0.2) is 92.5 Å². The van der Waals surface area contributed by atoms with E-state index in [2.05, 4.69) is 29.2 Å². The van der Waals surface area contributed by atoms with Crippen LogP contribution in [0.5, 0.6) is 11.5 Å². The van der Waals surface area contributed by atoms with Gasteiger partial charge in [-0.25, -0.2) is 5.01 Å². The van der Waals surface area contributed by atoms with E-state index in [1.807, 2.05) is 25.1 Å². The quantitative estimate of drug-likeness (QED) is 0.435.